The van der Waals surface area contributed by atoms with Crippen LogP contribution in [0, 0.1) is 13.8 Å². The van der Waals surface area contributed by atoms with Crippen molar-refractivity contribution in [1.29, 1.82) is 0 Å². The number of fused-ring (bicyclic) bond motifs is 1. The van der Waals surface area contributed by atoms with Gasteiger partial charge in [-0.05, 0) is 27.7 Å². The van der Waals surface area contributed by atoms with Gasteiger partial charge >= 0.3 is 6.18 Å². The molecule has 1 aliphatic rings. The minimum absolute atomic E-state index is 0.132. The van der Waals surface area contributed by atoms with Crippen molar-refractivity contribution < 1.29 is 17.9 Å². The highest BCUT2D eigenvalue weighted by molar-refractivity contribution is 5.59. The van der Waals surface area contributed by atoms with Crippen molar-refractivity contribution in [3.63, 3.8) is 0 Å². The van der Waals surface area contributed by atoms with E-state index >= 15 is 0 Å². The minimum Gasteiger partial charge on any atom is -0.373 e. The third kappa shape index (κ3) is 4.01. The Morgan fingerprint density at radius 2 is 1.74 bits per heavy atom. The van der Waals surface area contributed by atoms with E-state index in [9.17, 15) is 13.2 Å². The summed E-state index contributed by atoms with van der Waals surface area (Å²) in [7, 11) is 1.84. The highest BCUT2D eigenvalue weighted by Crippen LogP contribution is 2.30. The van der Waals surface area contributed by atoms with E-state index in [2.05, 4.69) is 20.2 Å². The summed E-state index contributed by atoms with van der Waals surface area (Å²) in [6.45, 7) is 10.8. The standard InChI is InChI=1S/C17H25F3N6O/c1-10-8-25(9-11(2)27-10)7-6-24(5)15-13(4)12(3)14-21-22-16(17(18,19)20)26(14)23-15/h10-11H,6-9H2,1-5H3/t10-,11+. The lowest BCUT2D eigenvalue weighted by Gasteiger charge is -2.36. The van der Waals surface area contributed by atoms with Gasteiger partial charge in [-0.2, -0.15) is 17.7 Å². The molecule has 0 saturated carbocycles. The number of alkyl halides is 3. The summed E-state index contributed by atoms with van der Waals surface area (Å²) in [4.78, 5) is 4.18. The summed E-state index contributed by atoms with van der Waals surface area (Å²) < 4.78 is 46.1. The molecule has 0 radical (unpaired) electrons. The number of morpholine rings is 1. The number of anilines is 1. The predicted octanol–water partition coefficient (Wildman–Crippen LogP) is 2.31. The van der Waals surface area contributed by atoms with Crippen molar-refractivity contribution in [2.75, 3.05) is 38.1 Å². The van der Waals surface area contributed by atoms with Crippen LogP contribution >= 0.6 is 0 Å². The van der Waals surface area contributed by atoms with E-state index in [1.807, 2.05) is 32.7 Å². The van der Waals surface area contributed by atoms with Gasteiger partial charge in [0.05, 0.1) is 12.2 Å². The van der Waals surface area contributed by atoms with Gasteiger partial charge in [0, 0.05) is 44.4 Å². The molecule has 0 bridgehead atoms. The first kappa shape index (κ1) is 19.8. The van der Waals surface area contributed by atoms with Crippen LogP contribution in [0.3, 0.4) is 0 Å². The maximum Gasteiger partial charge on any atom is 0.453 e. The van der Waals surface area contributed by atoms with Gasteiger partial charge in [0.25, 0.3) is 5.82 Å². The molecule has 2 atom stereocenters. The Labute approximate surface area is 156 Å². The van der Waals surface area contributed by atoms with Gasteiger partial charge in [0.1, 0.15) is 0 Å². The van der Waals surface area contributed by atoms with Crippen LogP contribution in [0.15, 0.2) is 0 Å². The number of halogens is 3. The van der Waals surface area contributed by atoms with E-state index < -0.39 is 12.0 Å². The monoisotopic (exact) mass is 386 g/mol. The maximum absolute atomic E-state index is 13.2. The highest BCUT2D eigenvalue weighted by Gasteiger charge is 2.38. The molecule has 3 rings (SSSR count). The largest absolute Gasteiger partial charge is 0.453 e. The smallest absolute Gasteiger partial charge is 0.373 e. The summed E-state index contributed by atoms with van der Waals surface area (Å²) >= 11 is 0. The Bertz CT molecular complexity index is 811. The van der Waals surface area contributed by atoms with Gasteiger partial charge < -0.3 is 9.64 Å². The Balaban J connectivity index is 1.83. The summed E-state index contributed by atoms with van der Waals surface area (Å²) in [6, 6.07) is 0. The lowest BCUT2D eigenvalue weighted by Crippen LogP contribution is -2.47. The first-order valence-corrected chi connectivity index (χ1v) is 8.96. The van der Waals surface area contributed by atoms with E-state index in [1.165, 1.54) is 0 Å². The van der Waals surface area contributed by atoms with Crippen molar-refractivity contribution in [2.24, 2.45) is 0 Å². The summed E-state index contributed by atoms with van der Waals surface area (Å²) in [5.41, 5.74) is 1.58. The molecule has 0 aromatic carbocycles. The van der Waals surface area contributed by atoms with Crippen LogP contribution in [0.1, 0.15) is 30.8 Å². The summed E-state index contributed by atoms with van der Waals surface area (Å²) in [5.74, 6) is -0.606. The minimum atomic E-state index is -4.61. The van der Waals surface area contributed by atoms with Gasteiger partial charge in [-0.15, -0.1) is 15.3 Å². The number of aromatic nitrogens is 4. The molecule has 0 unspecified atom stereocenters. The second-order valence-corrected chi connectivity index (χ2v) is 7.27. The van der Waals surface area contributed by atoms with Crippen molar-refractivity contribution >= 4 is 11.5 Å². The van der Waals surface area contributed by atoms with Crippen LogP contribution in [0.4, 0.5) is 19.0 Å². The maximum atomic E-state index is 13.2. The Morgan fingerprint density at radius 1 is 1.11 bits per heavy atom. The molecule has 1 saturated heterocycles. The number of aryl methyl sites for hydroxylation is 1. The zero-order chi connectivity index (χ0) is 19.9. The van der Waals surface area contributed by atoms with Crippen molar-refractivity contribution in [3.05, 3.63) is 17.0 Å². The van der Waals surface area contributed by atoms with E-state index in [-0.39, 0.29) is 17.9 Å². The van der Waals surface area contributed by atoms with E-state index in [0.717, 1.165) is 29.7 Å². The molecule has 150 valence electrons. The molecule has 0 amide bonds. The Morgan fingerprint density at radius 3 is 2.33 bits per heavy atom. The zero-order valence-corrected chi connectivity index (χ0v) is 16.2. The van der Waals surface area contributed by atoms with E-state index in [1.54, 1.807) is 6.92 Å². The lowest BCUT2D eigenvalue weighted by atomic mass is 10.1. The molecule has 0 spiro atoms. The molecule has 2 aromatic rings. The van der Waals surface area contributed by atoms with Crippen LogP contribution in [-0.2, 0) is 10.9 Å². The molecule has 10 heteroatoms. The number of rotatable bonds is 4. The van der Waals surface area contributed by atoms with Crippen molar-refractivity contribution in [2.45, 2.75) is 46.1 Å². The number of ether oxygens (including phenoxy) is 1. The SMILES string of the molecule is Cc1c(N(C)CCN2C[C@@H](C)O[C@@H](C)C2)nn2c(C(F)(F)F)nnc2c1C. The number of hydrogen-bond donors (Lipinski definition) is 0. The number of likely N-dealkylation sites (N-methyl/N-ethyl adjacent to an activating group) is 1. The number of hydrogen-bond acceptors (Lipinski definition) is 6. The quantitative estimate of drug-likeness (QED) is 0.804. The van der Waals surface area contributed by atoms with Crippen LogP contribution in [0.5, 0.6) is 0 Å². The van der Waals surface area contributed by atoms with Gasteiger partial charge in [0.2, 0.25) is 0 Å². The Hall–Kier alpha value is -1.94. The highest BCUT2D eigenvalue weighted by atomic mass is 19.4. The molecule has 27 heavy (non-hydrogen) atoms. The third-order valence-corrected chi connectivity index (χ3v) is 4.93. The second-order valence-electron chi connectivity index (χ2n) is 7.27. The van der Waals surface area contributed by atoms with Crippen molar-refractivity contribution in [3.8, 4) is 0 Å². The molecule has 1 fully saturated rings. The van der Waals surface area contributed by atoms with Crippen LogP contribution in [0.25, 0.3) is 5.65 Å². The average molecular weight is 386 g/mol. The zero-order valence-electron chi connectivity index (χ0n) is 16.2. The van der Waals surface area contributed by atoms with Gasteiger partial charge in [-0.25, -0.2) is 0 Å². The average Bonchev–Trinajstić information content (AvgIpc) is 2.99. The molecule has 0 aliphatic carbocycles. The molecular formula is C17H25F3N6O. The molecule has 0 N–H and O–H groups in total. The first-order valence-electron chi connectivity index (χ1n) is 8.96. The Kier molecular flexibility index (Phi) is 5.31. The summed E-state index contributed by atoms with van der Waals surface area (Å²) in [5, 5.41) is 11.2. The van der Waals surface area contributed by atoms with E-state index in [0.29, 0.717) is 17.9 Å². The fourth-order valence-corrected chi connectivity index (χ4v) is 3.52. The molecular weight excluding hydrogens is 361 g/mol. The summed E-state index contributed by atoms with van der Waals surface area (Å²) in [6.07, 6.45) is -4.27. The molecule has 1 aliphatic heterocycles. The van der Waals surface area contributed by atoms with Crippen LogP contribution < -0.4 is 4.90 Å². The molecule has 2 aromatic heterocycles. The van der Waals surface area contributed by atoms with Gasteiger partial charge in [0.15, 0.2) is 11.5 Å². The normalized spacial score (nSPS) is 21.8. The van der Waals surface area contributed by atoms with Crippen LogP contribution in [-0.4, -0.2) is 70.1 Å². The van der Waals surface area contributed by atoms with Gasteiger partial charge in [-0.1, -0.05) is 0 Å². The topological polar surface area (TPSA) is 58.8 Å². The predicted molar refractivity (Wildman–Crippen MR) is 95.0 cm³/mol. The van der Waals surface area contributed by atoms with E-state index in [4.69, 9.17) is 4.74 Å². The number of nitrogens with zero attached hydrogens (tertiary/aromatic N) is 6. The third-order valence-electron chi connectivity index (χ3n) is 4.93. The molecule has 7 nitrogen and oxygen atoms in total. The fourth-order valence-electron chi connectivity index (χ4n) is 3.52. The lowest BCUT2D eigenvalue weighted by molar-refractivity contribution is -0.146. The van der Waals surface area contributed by atoms with Crippen LogP contribution in [0.2, 0.25) is 0 Å². The first-order chi connectivity index (χ1) is 12.6. The second kappa shape index (κ2) is 7.23. The van der Waals surface area contributed by atoms with Crippen molar-refractivity contribution in [1.82, 2.24) is 24.7 Å². The van der Waals surface area contributed by atoms with Gasteiger partial charge in [-0.3, -0.25) is 4.90 Å². The molecule has 3 heterocycles. The fraction of sp³-hybridized carbons (Fsp3) is 0.706.